The fourth-order valence-corrected chi connectivity index (χ4v) is 3.05. The van der Waals surface area contributed by atoms with Crippen LogP contribution in [0.15, 0.2) is 58.5 Å². The van der Waals surface area contributed by atoms with E-state index in [0.29, 0.717) is 28.4 Å². The largest absolute Gasteiger partial charge is 0.493 e. The summed E-state index contributed by atoms with van der Waals surface area (Å²) in [6.07, 6.45) is 1.18. The molecular formula is C20H22N2O3S. The summed E-state index contributed by atoms with van der Waals surface area (Å²) in [6, 6.07) is 15.0. The van der Waals surface area contributed by atoms with Gasteiger partial charge >= 0.3 is 0 Å². The second-order valence-corrected chi connectivity index (χ2v) is 6.98. The maximum absolute atomic E-state index is 12.0. The van der Waals surface area contributed by atoms with E-state index < -0.39 is 0 Å². The Bertz CT molecular complexity index is 909. The summed E-state index contributed by atoms with van der Waals surface area (Å²) < 4.78 is 11.5. The average Bonchev–Trinajstić information content (AvgIpc) is 2.66. The molecule has 0 saturated carbocycles. The van der Waals surface area contributed by atoms with Gasteiger partial charge in [-0.2, -0.15) is 0 Å². The molecular weight excluding hydrogens is 348 g/mol. The molecule has 136 valence electrons. The lowest BCUT2D eigenvalue weighted by molar-refractivity contribution is 0.217. The Morgan fingerprint density at radius 3 is 2.62 bits per heavy atom. The normalized spacial score (nSPS) is 12.1. The number of benzene rings is 2. The van der Waals surface area contributed by atoms with Crippen LogP contribution in [0.4, 0.5) is 0 Å². The van der Waals surface area contributed by atoms with Gasteiger partial charge in [-0.05, 0) is 49.7 Å². The van der Waals surface area contributed by atoms with Gasteiger partial charge in [0.05, 0.1) is 23.6 Å². The highest BCUT2D eigenvalue weighted by atomic mass is 32.2. The second kappa shape index (κ2) is 8.76. The van der Waals surface area contributed by atoms with E-state index in [1.54, 1.807) is 6.07 Å². The van der Waals surface area contributed by atoms with E-state index in [2.05, 4.69) is 16.9 Å². The first-order valence-corrected chi connectivity index (χ1v) is 9.65. The van der Waals surface area contributed by atoms with Gasteiger partial charge in [0, 0.05) is 5.75 Å². The summed E-state index contributed by atoms with van der Waals surface area (Å²) in [4.78, 5) is 19.3. The number of aromatic nitrogens is 2. The van der Waals surface area contributed by atoms with Crippen LogP contribution in [0.3, 0.4) is 0 Å². The minimum atomic E-state index is -0.115. The fourth-order valence-electron chi connectivity index (χ4n) is 2.36. The third-order valence-corrected chi connectivity index (χ3v) is 4.76. The summed E-state index contributed by atoms with van der Waals surface area (Å²) in [6.45, 7) is 4.66. The molecule has 0 spiro atoms. The van der Waals surface area contributed by atoms with Crippen LogP contribution in [0.25, 0.3) is 10.9 Å². The number of nitrogens with one attached hydrogen (secondary N) is 1. The molecule has 0 fully saturated rings. The van der Waals surface area contributed by atoms with Gasteiger partial charge in [0.2, 0.25) is 0 Å². The summed E-state index contributed by atoms with van der Waals surface area (Å²) in [5.74, 6) is 2.33. The molecule has 1 aromatic heterocycles. The zero-order chi connectivity index (χ0) is 18.4. The van der Waals surface area contributed by atoms with Crippen molar-refractivity contribution in [1.29, 1.82) is 0 Å². The third-order valence-electron chi connectivity index (χ3n) is 3.92. The molecule has 0 aliphatic carbocycles. The van der Waals surface area contributed by atoms with Crippen LogP contribution >= 0.6 is 11.8 Å². The Balaban J connectivity index is 1.50. The van der Waals surface area contributed by atoms with Gasteiger partial charge in [-0.1, -0.05) is 30.8 Å². The van der Waals surface area contributed by atoms with E-state index in [1.165, 1.54) is 11.8 Å². The zero-order valence-corrected chi connectivity index (χ0v) is 15.7. The molecule has 2 aromatic carbocycles. The molecule has 1 heterocycles. The first-order chi connectivity index (χ1) is 12.7. The van der Waals surface area contributed by atoms with Gasteiger partial charge in [-0.3, -0.25) is 4.79 Å². The van der Waals surface area contributed by atoms with Crippen LogP contribution in [0, 0.1) is 0 Å². The summed E-state index contributed by atoms with van der Waals surface area (Å²) >= 11 is 1.47. The number of hydrogen-bond acceptors (Lipinski definition) is 5. The first-order valence-electron chi connectivity index (χ1n) is 8.67. The molecule has 3 rings (SSSR count). The molecule has 1 unspecified atom stereocenters. The van der Waals surface area contributed by atoms with Crippen molar-refractivity contribution in [2.75, 3.05) is 12.4 Å². The van der Waals surface area contributed by atoms with Crippen LogP contribution in [0.1, 0.15) is 20.3 Å². The number of para-hydroxylation sites is 1. The molecule has 0 radical (unpaired) electrons. The monoisotopic (exact) mass is 370 g/mol. The Morgan fingerprint density at radius 2 is 1.85 bits per heavy atom. The van der Waals surface area contributed by atoms with Crippen molar-refractivity contribution < 1.29 is 9.47 Å². The second-order valence-electron chi connectivity index (χ2n) is 5.89. The molecule has 5 nitrogen and oxygen atoms in total. The Kier molecular flexibility index (Phi) is 6.17. The minimum absolute atomic E-state index is 0.115. The molecule has 0 amide bonds. The number of nitrogens with zero attached hydrogens (tertiary/aromatic N) is 1. The molecule has 3 aromatic rings. The minimum Gasteiger partial charge on any atom is -0.493 e. The maximum atomic E-state index is 12.0. The molecule has 0 saturated heterocycles. The van der Waals surface area contributed by atoms with Crippen LogP contribution in [-0.4, -0.2) is 28.4 Å². The smallest absolute Gasteiger partial charge is 0.259 e. The lowest BCUT2D eigenvalue weighted by atomic mass is 10.2. The lowest BCUT2D eigenvalue weighted by Gasteiger charge is -2.13. The van der Waals surface area contributed by atoms with Crippen LogP contribution in [0.2, 0.25) is 0 Å². The van der Waals surface area contributed by atoms with Crippen molar-refractivity contribution in [3.8, 4) is 11.5 Å². The van der Waals surface area contributed by atoms with Gasteiger partial charge in [-0.15, -0.1) is 0 Å². The zero-order valence-electron chi connectivity index (χ0n) is 14.9. The highest BCUT2D eigenvalue weighted by Crippen LogP contribution is 2.20. The Morgan fingerprint density at radius 1 is 1.12 bits per heavy atom. The summed E-state index contributed by atoms with van der Waals surface area (Å²) in [5, 5.41) is 1.21. The SMILES string of the molecule is CCC(C)Oc1ccc(OCCSc2nc3ccccc3c(=O)[nH]2)cc1. The molecule has 6 heteroatoms. The van der Waals surface area contributed by atoms with E-state index >= 15 is 0 Å². The standard InChI is InChI=1S/C20H22N2O3S/c1-3-14(2)25-16-10-8-15(9-11-16)24-12-13-26-20-21-18-7-5-4-6-17(18)19(23)22-20/h4-11,14H,3,12-13H2,1-2H3,(H,21,22,23). The molecule has 0 aliphatic rings. The van der Waals surface area contributed by atoms with E-state index in [-0.39, 0.29) is 11.7 Å². The maximum Gasteiger partial charge on any atom is 0.259 e. The van der Waals surface area contributed by atoms with Crippen molar-refractivity contribution >= 4 is 22.7 Å². The molecule has 1 atom stereocenters. The lowest BCUT2D eigenvalue weighted by Crippen LogP contribution is -2.10. The number of ether oxygens (including phenoxy) is 2. The van der Waals surface area contributed by atoms with Crippen LogP contribution < -0.4 is 15.0 Å². The number of aromatic amines is 1. The number of thioether (sulfide) groups is 1. The Labute approximate surface area is 156 Å². The van der Waals surface area contributed by atoms with E-state index in [4.69, 9.17) is 9.47 Å². The van der Waals surface area contributed by atoms with Gasteiger partial charge in [0.25, 0.3) is 5.56 Å². The van der Waals surface area contributed by atoms with Crippen LogP contribution in [-0.2, 0) is 0 Å². The predicted molar refractivity (Wildman–Crippen MR) is 105 cm³/mol. The molecule has 26 heavy (non-hydrogen) atoms. The number of hydrogen-bond donors (Lipinski definition) is 1. The van der Waals surface area contributed by atoms with Gasteiger partial charge in [0.1, 0.15) is 11.5 Å². The number of fused-ring (bicyclic) bond motifs is 1. The molecule has 0 aliphatic heterocycles. The van der Waals surface area contributed by atoms with Gasteiger partial charge in [-0.25, -0.2) is 4.98 Å². The highest BCUT2D eigenvalue weighted by molar-refractivity contribution is 7.99. The van der Waals surface area contributed by atoms with E-state index in [0.717, 1.165) is 17.9 Å². The molecule has 1 N–H and O–H groups in total. The van der Waals surface area contributed by atoms with Gasteiger partial charge < -0.3 is 14.5 Å². The summed E-state index contributed by atoms with van der Waals surface area (Å²) in [7, 11) is 0. The summed E-state index contributed by atoms with van der Waals surface area (Å²) in [5.41, 5.74) is 0.590. The van der Waals surface area contributed by atoms with Crippen molar-refractivity contribution in [2.24, 2.45) is 0 Å². The van der Waals surface area contributed by atoms with E-state index in [9.17, 15) is 4.79 Å². The van der Waals surface area contributed by atoms with Crippen molar-refractivity contribution in [1.82, 2.24) is 9.97 Å². The number of rotatable bonds is 8. The predicted octanol–water partition coefficient (Wildman–Crippen LogP) is 4.27. The first kappa shape index (κ1) is 18.3. The molecule has 0 bridgehead atoms. The number of H-pyrrole nitrogens is 1. The van der Waals surface area contributed by atoms with Crippen LogP contribution in [0.5, 0.6) is 11.5 Å². The Hall–Kier alpha value is -2.47. The fraction of sp³-hybridized carbons (Fsp3) is 0.300. The van der Waals surface area contributed by atoms with Crippen molar-refractivity contribution in [3.63, 3.8) is 0 Å². The van der Waals surface area contributed by atoms with Crippen molar-refractivity contribution in [2.45, 2.75) is 31.5 Å². The highest BCUT2D eigenvalue weighted by Gasteiger charge is 2.04. The average molecular weight is 370 g/mol. The van der Waals surface area contributed by atoms with E-state index in [1.807, 2.05) is 49.4 Å². The topological polar surface area (TPSA) is 64.2 Å². The third kappa shape index (κ3) is 4.79. The van der Waals surface area contributed by atoms with Gasteiger partial charge in [0.15, 0.2) is 5.16 Å². The quantitative estimate of drug-likeness (QED) is 0.364. The van der Waals surface area contributed by atoms with Crippen molar-refractivity contribution in [3.05, 3.63) is 58.9 Å².